The van der Waals surface area contributed by atoms with Crippen molar-refractivity contribution in [3.8, 4) is 17.2 Å². The number of amides is 1. The number of para-hydroxylation sites is 2. The van der Waals surface area contributed by atoms with Crippen molar-refractivity contribution in [1.29, 1.82) is 0 Å². The molecular formula is C36H41FN4O5. The van der Waals surface area contributed by atoms with Crippen molar-refractivity contribution in [1.82, 2.24) is 4.90 Å². The monoisotopic (exact) mass is 628 g/mol. The molecule has 0 bridgehead atoms. The van der Waals surface area contributed by atoms with E-state index < -0.39 is 6.04 Å². The number of methoxy groups -OCH3 is 3. The van der Waals surface area contributed by atoms with Crippen LogP contribution in [0, 0.1) is 11.2 Å². The fourth-order valence-electron chi connectivity index (χ4n) is 6.93. The molecule has 0 aromatic heterocycles. The third kappa shape index (κ3) is 5.96. The second-order valence-electron chi connectivity index (χ2n) is 12.8. The van der Waals surface area contributed by atoms with Gasteiger partial charge in [0.15, 0.2) is 17.3 Å². The maximum Gasteiger partial charge on any atom is 0.242 e. The predicted octanol–water partition coefficient (Wildman–Crippen LogP) is 5.82. The second kappa shape index (κ2) is 12.6. The summed E-state index contributed by atoms with van der Waals surface area (Å²) in [6.07, 6.45) is 1.05. The van der Waals surface area contributed by atoms with E-state index in [0.717, 1.165) is 22.8 Å². The molecule has 0 spiro atoms. The molecule has 10 heteroatoms. The predicted molar refractivity (Wildman–Crippen MR) is 176 cm³/mol. The van der Waals surface area contributed by atoms with Crippen molar-refractivity contribution >= 4 is 28.8 Å². The Morgan fingerprint density at radius 2 is 1.54 bits per heavy atom. The number of halogens is 1. The van der Waals surface area contributed by atoms with Gasteiger partial charge in [0.1, 0.15) is 11.6 Å². The first-order chi connectivity index (χ1) is 22.1. The zero-order chi connectivity index (χ0) is 32.6. The molecule has 6 rings (SSSR count). The summed E-state index contributed by atoms with van der Waals surface area (Å²) in [5.41, 5.74) is 4.50. The normalized spacial score (nSPS) is 19.1. The zero-order valence-corrected chi connectivity index (χ0v) is 27.1. The number of hydrogen-bond donors (Lipinski definition) is 1. The number of anilines is 3. The molecular weight excluding hydrogens is 587 g/mol. The van der Waals surface area contributed by atoms with Gasteiger partial charge < -0.3 is 34.2 Å². The number of allylic oxidation sites excluding steroid dienone is 1. The molecule has 1 fully saturated rings. The Kier molecular flexibility index (Phi) is 8.55. The van der Waals surface area contributed by atoms with Crippen molar-refractivity contribution in [2.75, 3.05) is 69.2 Å². The van der Waals surface area contributed by atoms with Gasteiger partial charge in [-0.3, -0.25) is 9.59 Å². The highest BCUT2D eigenvalue weighted by Gasteiger charge is 2.43. The van der Waals surface area contributed by atoms with Crippen LogP contribution in [-0.2, 0) is 9.59 Å². The van der Waals surface area contributed by atoms with E-state index in [1.165, 1.54) is 12.1 Å². The van der Waals surface area contributed by atoms with E-state index in [1.54, 1.807) is 39.5 Å². The number of Topliss-reactive ketones (excluding diaryl/α,β-unsaturated/α-hetero) is 1. The van der Waals surface area contributed by atoms with E-state index in [2.05, 4.69) is 24.1 Å². The van der Waals surface area contributed by atoms with Crippen molar-refractivity contribution in [2.24, 2.45) is 5.41 Å². The van der Waals surface area contributed by atoms with Gasteiger partial charge in [-0.2, -0.15) is 0 Å². The molecule has 1 N–H and O–H groups in total. The highest BCUT2D eigenvalue weighted by atomic mass is 19.1. The highest BCUT2D eigenvalue weighted by Crippen LogP contribution is 2.51. The van der Waals surface area contributed by atoms with Gasteiger partial charge in [0, 0.05) is 61.2 Å². The summed E-state index contributed by atoms with van der Waals surface area (Å²) in [5, 5.41) is 3.61. The first-order valence-corrected chi connectivity index (χ1v) is 15.6. The summed E-state index contributed by atoms with van der Waals surface area (Å²) in [7, 11) is 4.73. The second-order valence-corrected chi connectivity index (χ2v) is 12.8. The van der Waals surface area contributed by atoms with Crippen molar-refractivity contribution in [3.63, 3.8) is 0 Å². The molecule has 1 saturated heterocycles. The number of fused-ring (bicyclic) bond motifs is 1. The fourth-order valence-corrected chi connectivity index (χ4v) is 6.93. The first kappa shape index (κ1) is 31.3. The summed E-state index contributed by atoms with van der Waals surface area (Å²) < 4.78 is 30.7. The molecule has 1 aliphatic carbocycles. The van der Waals surface area contributed by atoms with Crippen LogP contribution in [0.1, 0.15) is 38.3 Å². The van der Waals surface area contributed by atoms with Gasteiger partial charge in [-0.1, -0.05) is 26.0 Å². The minimum atomic E-state index is -0.644. The van der Waals surface area contributed by atoms with E-state index in [0.29, 0.717) is 67.4 Å². The number of rotatable bonds is 7. The van der Waals surface area contributed by atoms with E-state index in [-0.39, 0.29) is 29.5 Å². The molecule has 1 amide bonds. The maximum absolute atomic E-state index is 14.2. The van der Waals surface area contributed by atoms with Crippen LogP contribution >= 0.6 is 0 Å². The van der Waals surface area contributed by atoms with Gasteiger partial charge in [0.25, 0.3) is 0 Å². The van der Waals surface area contributed by atoms with Gasteiger partial charge in [0.2, 0.25) is 5.91 Å². The lowest BCUT2D eigenvalue weighted by Crippen LogP contribution is -2.52. The molecule has 9 nitrogen and oxygen atoms in total. The average Bonchev–Trinajstić information content (AvgIpc) is 3.18. The molecule has 2 aliphatic heterocycles. The largest absolute Gasteiger partial charge is 0.496 e. The van der Waals surface area contributed by atoms with E-state index in [1.807, 2.05) is 40.1 Å². The molecule has 0 saturated carbocycles. The lowest BCUT2D eigenvalue weighted by atomic mass is 9.73. The van der Waals surface area contributed by atoms with Crippen LogP contribution in [0.25, 0.3) is 0 Å². The molecule has 1 unspecified atom stereocenters. The lowest BCUT2D eigenvalue weighted by molar-refractivity contribution is -0.130. The maximum atomic E-state index is 14.2. The third-order valence-corrected chi connectivity index (χ3v) is 9.16. The molecule has 1 atom stereocenters. The number of nitrogens with zero attached hydrogens (tertiary/aromatic N) is 3. The van der Waals surface area contributed by atoms with Gasteiger partial charge in [-0.15, -0.1) is 0 Å². The van der Waals surface area contributed by atoms with E-state index >= 15 is 0 Å². The van der Waals surface area contributed by atoms with Gasteiger partial charge in [-0.25, -0.2) is 4.39 Å². The molecule has 242 valence electrons. The van der Waals surface area contributed by atoms with Crippen LogP contribution in [-0.4, -0.2) is 70.6 Å². The summed E-state index contributed by atoms with van der Waals surface area (Å²) >= 11 is 0. The summed E-state index contributed by atoms with van der Waals surface area (Å²) in [4.78, 5) is 34.4. The smallest absolute Gasteiger partial charge is 0.242 e. The fraction of sp³-hybridized carbons (Fsp3) is 0.389. The zero-order valence-electron chi connectivity index (χ0n) is 27.1. The standard InChI is InChI=1S/C36H41FN4O5/c1-36(2)20-27-34(29(42)21-36)35(25-18-31(45-4)32(46-5)19-30(25)44-3)41(28-9-7-6-8-26(28)38-27)22-33(43)40-16-14-39(15-17-40)24-12-10-23(37)11-13-24/h6-13,18-19,35,38H,14-17,20-22H2,1-5H3. The SMILES string of the molecule is COc1cc(OC)c(C2C3=C(CC(C)(C)CC3=O)Nc3ccccc3N2CC(=O)N2CCN(c3ccc(F)cc3)CC2)cc1OC. The Hall–Kier alpha value is -4.73. The number of ketones is 1. The van der Waals surface area contributed by atoms with E-state index in [4.69, 9.17) is 14.2 Å². The number of carbonyl (C=O) groups excluding carboxylic acids is 2. The summed E-state index contributed by atoms with van der Waals surface area (Å²) in [5.74, 6) is 1.23. The van der Waals surface area contributed by atoms with Crippen molar-refractivity contribution in [2.45, 2.75) is 32.7 Å². The molecule has 3 aromatic carbocycles. The highest BCUT2D eigenvalue weighted by molar-refractivity contribution is 6.02. The van der Waals surface area contributed by atoms with E-state index in [9.17, 15) is 14.0 Å². The Labute approximate surface area is 269 Å². The molecule has 3 aliphatic rings. The van der Waals surface area contributed by atoms with Crippen LogP contribution in [0.3, 0.4) is 0 Å². The lowest BCUT2D eigenvalue weighted by Gasteiger charge is -2.40. The number of piperazine rings is 1. The Morgan fingerprint density at radius 1 is 0.891 bits per heavy atom. The van der Waals surface area contributed by atoms with Crippen molar-refractivity contribution < 1.29 is 28.2 Å². The number of carbonyl (C=O) groups is 2. The average molecular weight is 629 g/mol. The molecule has 0 radical (unpaired) electrons. The Morgan fingerprint density at radius 3 is 2.22 bits per heavy atom. The summed E-state index contributed by atoms with van der Waals surface area (Å²) in [6, 6.07) is 17.3. The topological polar surface area (TPSA) is 83.6 Å². The Balaban J connectivity index is 1.42. The van der Waals surface area contributed by atoms with Crippen LogP contribution in [0.5, 0.6) is 17.2 Å². The number of hydrogen-bond acceptors (Lipinski definition) is 8. The minimum Gasteiger partial charge on any atom is -0.496 e. The quantitative estimate of drug-likeness (QED) is 0.351. The summed E-state index contributed by atoms with van der Waals surface area (Å²) in [6.45, 7) is 6.55. The Bertz CT molecular complexity index is 1660. The molecule has 3 aromatic rings. The molecule has 2 heterocycles. The van der Waals surface area contributed by atoms with Gasteiger partial charge in [-0.05, 0) is 54.3 Å². The number of ether oxygens (including phenoxy) is 3. The van der Waals surface area contributed by atoms with Gasteiger partial charge in [0.05, 0.1) is 45.3 Å². The van der Waals surface area contributed by atoms with Crippen LogP contribution in [0.2, 0.25) is 0 Å². The van der Waals surface area contributed by atoms with Crippen LogP contribution in [0.15, 0.2) is 71.9 Å². The number of nitrogens with one attached hydrogen (secondary N) is 1. The molecule has 46 heavy (non-hydrogen) atoms. The number of benzene rings is 3. The van der Waals surface area contributed by atoms with Gasteiger partial charge >= 0.3 is 0 Å². The van der Waals surface area contributed by atoms with Crippen molar-refractivity contribution in [3.05, 3.63) is 83.3 Å². The minimum absolute atomic E-state index is 0.0266. The van der Waals surface area contributed by atoms with Crippen LogP contribution in [0.4, 0.5) is 21.5 Å². The first-order valence-electron chi connectivity index (χ1n) is 15.6. The van der Waals surface area contributed by atoms with Crippen LogP contribution < -0.4 is 29.3 Å². The third-order valence-electron chi connectivity index (χ3n) is 9.16.